The van der Waals surface area contributed by atoms with Gasteiger partial charge in [0.2, 0.25) is 6.79 Å². The summed E-state index contributed by atoms with van der Waals surface area (Å²) in [4.78, 5) is 2.29. The molecular formula is C19H21NO4. The van der Waals surface area contributed by atoms with Crippen LogP contribution in [-0.2, 0) is 6.54 Å². The molecule has 2 heterocycles. The fourth-order valence-electron chi connectivity index (χ4n) is 3.58. The van der Waals surface area contributed by atoms with Crippen molar-refractivity contribution in [1.29, 1.82) is 0 Å². The second-order valence-corrected chi connectivity index (χ2v) is 6.26. The van der Waals surface area contributed by atoms with Gasteiger partial charge in [0.15, 0.2) is 11.5 Å². The molecule has 2 aliphatic heterocycles. The highest BCUT2D eigenvalue weighted by molar-refractivity contribution is 5.48. The minimum atomic E-state index is -0.324. The number of hydrogen-bond donors (Lipinski definition) is 1. The van der Waals surface area contributed by atoms with E-state index >= 15 is 0 Å². The summed E-state index contributed by atoms with van der Waals surface area (Å²) >= 11 is 0. The predicted octanol–water partition coefficient (Wildman–Crippen LogP) is 2.73. The number of rotatable bonds is 4. The second-order valence-electron chi connectivity index (χ2n) is 6.26. The zero-order chi connectivity index (χ0) is 16.5. The van der Waals surface area contributed by atoms with Gasteiger partial charge in [-0.1, -0.05) is 24.3 Å². The van der Waals surface area contributed by atoms with Crippen molar-refractivity contribution in [2.75, 3.05) is 20.4 Å². The third-order valence-corrected chi connectivity index (χ3v) is 4.71. The summed E-state index contributed by atoms with van der Waals surface area (Å²) in [6, 6.07) is 14.2. The van der Waals surface area contributed by atoms with Crippen molar-refractivity contribution in [2.24, 2.45) is 0 Å². The summed E-state index contributed by atoms with van der Waals surface area (Å²) in [5, 5.41) is 10.2. The number of aliphatic hydroxyl groups is 1. The van der Waals surface area contributed by atoms with Crippen molar-refractivity contribution in [1.82, 2.24) is 4.90 Å². The van der Waals surface area contributed by atoms with Crippen LogP contribution in [0.4, 0.5) is 0 Å². The summed E-state index contributed by atoms with van der Waals surface area (Å²) in [6.45, 7) is 1.63. The Morgan fingerprint density at radius 3 is 2.96 bits per heavy atom. The van der Waals surface area contributed by atoms with Gasteiger partial charge in [0.1, 0.15) is 5.75 Å². The molecule has 0 spiro atoms. The Bertz CT molecular complexity index is 733. The van der Waals surface area contributed by atoms with Crippen LogP contribution in [0.2, 0.25) is 0 Å². The van der Waals surface area contributed by atoms with E-state index in [1.54, 1.807) is 7.11 Å². The van der Waals surface area contributed by atoms with Gasteiger partial charge in [-0.15, -0.1) is 0 Å². The lowest BCUT2D eigenvalue weighted by Gasteiger charge is -2.25. The van der Waals surface area contributed by atoms with E-state index in [1.165, 1.54) is 0 Å². The first-order chi connectivity index (χ1) is 11.7. The lowest BCUT2D eigenvalue weighted by Crippen LogP contribution is -2.24. The SMILES string of the molecule is COc1cccc([C@H]2C[C@H](O)CN2Cc2cccc3c2OCO3)c1. The number of fused-ring (bicyclic) bond motifs is 1. The number of ether oxygens (including phenoxy) is 3. The van der Waals surface area contributed by atoms with E-state index in [2.05, 4.69) is 17.0 Å². The number of benzene rings is 2. The van der Waals surface area contributed by atoms with E-state index in [0.717, 1.165) is 34.8 Å². The largest absolute Gasteiger partial charge is 0.497 e. The highest BCUT2D eigenvalue weighted by atomic mass is 16.7. The molecule has 5 heteroatoms. The zero-order valence-electron chi connectivity index (χ0n) is 13.6. The number of aliphatic hydroxyl groups excluding tert-OH is 1. The van der Waals surface area contributed by atoms with Crippen LogP contribution in [-0.4, -0.2) is 36.6 Å². The van der Waals surface area contributed by atoms with Crippen LogP contribution in [0.5, 0.6) is 17.2 Å². The molecule has 0 bridgehead atoms. The summed E-state index contributed by atoms with van der Waals surface area (Å²) < 4.78 is 16.4. The normalized spacial score (nSPS) is 22.8. The van der Waals surface area contributed by atoms with Gasteiger partial charge < -0.3 is 19.3 Å². The quantitative estimate of drug-likeness (QED) is 0.936. The molecule has 0 radical (unpaired) electrons. The van der Waals surface area contributed by atoms with Crippen LogP contribution in [0.1, 0.15) is 23.6 Å². The van der Waals surface area contributed by atoms with E-state index in [4.69, 9.17) is 14.2 Å². The highest BCUT2D eigenvalue weighted by Gasteiger charge is 2.33. The van der Waals surface area contributed by atoms with Crippen molar-refractivity contribution < 1.29 is 19.3 Å². The Kier molecular flexibility index (Phi) is 4.04. The third-order valence-electron chi connectivity index (χ3n) is 4.71. The molecule has 0 amide bonds. The molecule has 4 rings (SSSR count). The van der Waals surface area contributed by atoms with Crippen LogP contribution in [0.15, 0.2) is 42.5 Å². The Hall–Kier alpha value is -2.24. The number of β-amino-alcohol motifs (C(OH)–C–C–N with tert-alkyl or cyclic N) is 1. The van der Waals surface area contributed by atoms with Crippen molar-refractivity contribution in [3.05, 3.63) is 53.6 Å². The van der Waals surface area contributed by atoms with Gasteiger partial charge >= 0.3 is 0 Å². The lowest BCUT2D eigenvalue weighted by atomic mass is 10.0. The van der Waals surface area contributed by atoms with Gasteiger partial charge in [-0.25, -0.2) is 0 Å². The number of likely N-dealkylation sites (tertiary alicyclic amines) is 1. The molecule has 0 unspecified atom stereocenters. The number of nitrogens with zero attached hydrogens (tertiary/aromatic N) is 1. The molecule has 1 saturated heterocycles. The van der Waals surface area contributed by atoms with Crippen LogP contribution in [0.3, 0.4) is 0 Å². The standard InChI is InChI=1S/C19H21NO4/c1-22-16-6-2-4-13(8-16)17-9-15(21)11-20(17)10-14-5-3-7-18-19(14)24-12-23-18/h2-8,15,17,21H,9-12H2,1H3/t15-,17+/m0/s1. The molecule has 0 aliphatic carbocycles. The summed E-state index contributed by atoms with van der Waals surface area (Å²) in [6.07, 6.45) is 0.398. The Balaban J connectivity index is 1.60. The maximum absolute atomic E-state index is 10.2. The zero-order valence-corrected chi connectivity index (χ0v) is 13.6. The first-order valence-electron chi connectivity index (χ1n) is 8.18. The van der Waals surface area contributed by atoms with Crippen LogP contribution in [0, 0.1) is 0 Å². The number of para-hydroxylation sites is 1. The summed E-state index contributed by atoms with van der Waals surface area (Å²) in [5.41, 5.74) is 2.25. The minimum absolute atomic E-state index is 0.160. The lowest BCUT2D eigenvalue weighted by molar-refractivity contribution is 0.165. The van der Waals surface area contributed by atoms with E-state index in [1.807, 2.05) is 30.3 Å². The molecule has 2 aromatic carbocycles. The maximum atomic E-state index is 10.2. The average molecular weight is 327 g/mol. The molecule has 2 aromatic rings. The van der Waals surface area contributed by atoms with Crippen molar-refractivity contribution in [3.8, 4) is 17.2 Å². The topological polar surface area (TPSA) is 51.2 Å². The van der Waals surface area contributed by atoms with Crippen LogP contribution in [0.25, 0.3) is 0 Å². The van der Waals surface area contributed by atoms with E-state index < -0.39 is 0 Å². The van der Waals surface area contributed by atoms with Crippen LogP contribution < -0.4 is 14.2 Å². The van der Waals surface area contributed by atoms with Crippen molar-refractivity contribution in [2.45, 2.75) is 25.1 Å². The molecule has 24 heavy (non-hydrogen) atoms. The second kappa shape index (κ2) is 6.34. The fourth-order valence-corrected chi connectivity index (χ4v) is 3.58. The number of methoxy groups -OCH3 is 1. The van der Waals surface area contributed by atoms with Gasteiger partial charge in [-0.3, -0.25) is 4.90 Å². The van der Waals surface area contributed by atoms with Crippen molar-refractivity contribution >= 4 is 0 Å². The molecule has 0 saturated carbocycles. The molecule has 1 fully saturated rings. The van der Waals surface area contributed by atoms with E-state index in [0.29, 0.717) is 13.1 Å². The van der Waals surface area contributed by atoms with Gasteiger partial charge in [-0.2, -0.15) is 0 Å². The first-order valence-corrected chi connectivity index (χ1v) is 8.18. The Morgan fingerprint density at radius 2 is 2.08 bits per heavy atom. The molecular weight excluding hydrogens is 306 g/mol. The Labute approximate surface area is 141 Å². The smallest absolute Gasteiger partial charge is 0.231 e. The molecule has 0 aromatic heterocycles. The summed E-state index contributed by atoms with van der Waals surface area (Å²) in [7, 11) is 1.67. The molecule has 2 atom stereocenters. The average Bonchev–Trinajstić information content (AvgIpc) is 3.22. The predicted molar refractivity (Wildman–Crippen MR) is 89.3 cm³/mol. The molecule has 5 nitrogen and oxygen atoms in total. The Morgan fingerprint density at radius 1 is 1.21 bits per heavy atom. The maximum Gasteiger partial charge on any atom is 0.231 e. The highest BCUT2D eigenvalue weighted by Crippen LogP contribution is 2.39. The number of hydrogen-bond acceptors (Lipinski definition) is 5. The summed E-state index contributed by atoms with van der Waals surface area (Å²) in [5.74, 6) is 2.46. The van der Waals surface area contributed by atoms with Gasteiger partial charge in [-0.05, 0) is 30.2 Å². The molecule has 2 aliphatic rings. The van der Waals surface area contributed by atoms with Crippen LogP contribution >= 0.6 is 0 Å². The van der Waals surface area contributed by atoms with Crippen molar-refractivity contribution in [3.63, 3.8) is 0 Å². The monoisotopic (exact) mass is 327 g/mol. The van der Waals surface area contributed by atoms with Gasteiger partial charge in [0.25, 0.3) is 0 Å². The van der Waals surface area contributed by atoms with E-state index in [-0.39, 0.29) is 18.9 Å². The van der Waals surface area contributed by atoms with Gasteiger partial charge in [0.05, 0.1) is 13.2 Å². The minimum Gasteiger partial charge on any atom is -0.497 e. The van der Waals surface area contributed by atoms with E-state index in [9.17, 15) is 5.11 Å². The molecule has 126 valence electrons. The third kappa shape index (κ3) is 2.81. The first kappa shape index (κ1) is 15.3. The molecule has 1 N–H and O–H groups in total. The fraction of sp³-hybridized carbons (Fsp3) is 0.368. The van der Waals surface area contributed by atoms with Gasteiger partial charge in [0, 0.05) is 24.7 Å².